The summed E-state index contributed by atoms with van der Waals surface area (Å²) in [5.74, 6) is 1.49. The van der Waals surface area contributed by atoms with Crippen molar-refractivity contribution in [1.82, 2.24) is 15.5 Å². The van der Waals surface area contributed by atoms with E-state index in [0.29, 0.717) is 6.54 Å². The molecule has 68 valence electrons. The maximum atomic E-state index is 5.02. The van der Waals surface area contributed by atoms with Gasteiger partial charge in [-0.05, 0) is 13.5 Å². The van der Waals surface area contributed by atoms with Gasteiger partial charge in [-0.3, -0.25) is 0 Å². The van der Waals surface area contributed by atoms with Crippen molar-refractivity contribution in [2.75, 3.05) is 7.05 Å². The molecule has 12 heavy (non-hydrogen) atoms. The number of rotatable bonds is 5. The fraction of sp³-hybridized carbons (Fsp3) is 0.750. The van der Waals surface area contributed by atoms with E-state index in [0.717, 1.165) is 31.0 Å². The summed E-state index contributed by atoms with van der Waals surface area (Å²) in [4.78, 5) is 4.20. The third kappa shape index (κ3) is 2.62. The van der Waals surface area contributed by atoms with E-state index in [1.165, 1.54) is 0 Å². The molecule has 0 saturated carbocycles. The van der Waals surface area contributed by atoms with E-state index in [9.17, 15) is 0 Å². The van der Waals surface area contributed by atoms with Gasteiger partial charge in [0, 0.05) is 6.42 Å². The SMILES string of the molecule is CCCCc1nc(CNC)no1. The molecular weight excluding hydrogens is 154 g/mol. The number of hydrogen-bond acceptors (Lipinski definition) is 4. The average molecular weight is 169 g/mol. The third-order valence-electron chi connectivity index (χ3n) is 1.59. The van der Waals surface area contributed by atoms with Crippen molar-refractivity contribution >= 4 is 0 Å². The Labute approximate surface area is 72.4 Å². The van der Waals surface area contributed by atoms with Crippen molar-refractivity contribution in [3.63, 3.8) is 0 Å². The van der Waals surface area contributed by atoms with Gasteiger partial charge < -0.3 is 9.84 Å². The first-order valence-electron chi connectivity index (χ1n) is 4.33. The minimum atomic E-state index is 0.676. The molecule has 1 heterocycles. The highest BCUT2D eigenvalue weighted by molar-refractivity contribution is 4.85. The maximum Gasteiger partial charge on any atom is 0.226 e. The number of aryl methyl sites for hydroxylation is 1. The lowest BCUT2D eigenvalue weighted by Gasteiger charge is -1.88. The monoisotopic (exact) mass is 169 g/mol. The largest absolute Gasteiger partial charge is 0.339 e. The zero-order valence-corrected chi connectivity index (χ0v) is 7.63. The topological polar surface area (TPSA) is 51.0 Å². The van der Waals surface area contributed by atoms with Gasteiger partial charge in [0.1, 0.15) is 0 Å². The van der Waals surface area contributed by atoms with Crippen LogP contribution in [-0.4, -0.2) is 17.2 Å². The Morgan fingerprint density at radius 2 is 2.33 bits per heavy atom. The second-order valence-corrected chi connectivity index (χ2v) is 2.74. The van der Waals surface area contributed by atoms with Gasteiger partial charge in [-0.2, -0.15) is 4.98 Å². The Morgan fingerprint density at radius 1 is 1.50 bits per heavy atom. The fourth-order valence-electron chi connectivity index (χ4n) is 0.950. The van der Waals surface area contributed by atoms with E-state index in [1.54, 1.807) is 0 Å². The molecule has 0 aliphatic rings. The van der Waals surface area contributed by atoms with E-state index in [2.05, 4.69) is 22.4 Å². The maximum absolute atomic E-state index is 5.02. The van der Waals surface area contributed by atoms with Crippen LogP contribution in [0.25, 0.3) is 0 Å². The van der Waals surface area contributed by atoms with Crippen molar-refractivity contribution in [2.45, 2.75) is 32.7 Å². The zero-order chi connectivity index (χ0) is 8.81. The van der Waals surface area contributed by atoms with Gasteiger partial charge in [-0.1, -0.05) is 18.5 Å². The molecule has 0 saturated heterocycles. The molecule has 4 nitrogen and oxygen atoms in total. The summed E-state index contributed by atoms with van der Waals surface area (Å²) < 4.78 is 5.02. The van der Waals surface area contributed by atoms with Crippen LogP contribution in [0.3, 0.4) is 0 Å². The molecule has 0 aliphatic carbocycles. The highest BCUT2D eigenvalue weighted by Crippen LogP contribution is 2.02. The van der Waals surface area contributed by atoms with Crippen LogP contribution >= 0.6 is 0 Å². The lowest BCUT2D eigenvalue weighted by molar-refractivity contribution is 0.369. The van der Waals surface area contributed by atoms with Gasteiger partial charge in [-0.25, -0.2) is 0 Å². The normalized spacial score (nSPS) is 10.5. The predicted molar refractivity (Wildman–Crippen MR) is 45.7 cm³/mol. The molecule has 1 N–H and O–H groups in total. The van der Waals surface area contributed by atoms with E-state index in [1.807, 2.05) is 7.05 Å². The summed E-state index contributed by atoms with van der Waals surface area (Å²) in [5, 5.41) is 6.78. The lowest BCUT2D eigenvalue weighted by Crippen LogP contribution is -2.06. The van der Waals surface area contributed by atoms with Gasteiger partial charge in [0.05, 0.1) is 6.54 Å². The molecule has 1 aromatic heterocycles. The van der Waals surface area contributed by atoms with Crippen LogP contribution in [0, 0.1) is 0 Å². The Morgan fingerprint density at radius 3 is 3.00 bits per heavy atom. The quantitative estimate of drug-likeness (QED) is 0.718. The van der Waals surface area contributed by atoms with Crippen molar-refractivity contribution < 1.29 is 4.52 Å². The van der Waals surface area contributed by atoms with Crippen LogP contribution in [0.1, 0.15) is 31.5 Å². The second kappa shape index (κ2) is 4.87. The summed E-state index contributed by atoms with van der Waals surface area (Å²) in [7, 11) is 1.86. The average Bonchev–Trinajstić information content (AvgIpc) is 2.50. The molecule has 0 atom stereocenters. The minimum Gasteiger partial charge on any atom is -0.339 e. The van der Waals surface area contributed by atoms with E-state index < -0.39 is 0 Å². The Bertz CT molecular complexity index is 222. The molecule has 4 heteroatoms. The minimum absolute atomic E-state index is 0.676. The standard InChI is InChI=1S/C8H15N3O/c1-3-4-5-8-10-7(6-9-2)11-12-8/h9H,3-6H2,1-2H3. The van der Waals surface area contributed by atoms with Crippen molar-refractivity contribution in [3.05, 3.63) is 11.7 Å². The zero-order valence-electron chi connectivity index (χ0n) is 7.63. The van der Waals surface area contributed by atoms with E-state index in [-0.39, 0.29) is 0 Å². The van der Waals surface area contributed by atoms with Crippen LogP contribution < -0.4 is 5.32 Å². The number of aromatic nitrogens is 2. The molecule has 0 amide bonds. The van der Waals surface area contributed by atoms with Gasteiger partial charge in [0.2, 0.25) is 5.89 Å². The first-order chi connectivity index (χ1) is 5.86. The third-order valence-corrected chi connectivity index (χ3v) is 1.59. The van der Waals surface area contributed by atoms with Crippen LogP contribution in [0.2, 0.25) is 0 Å². The molecule has 0 aliphatic heterocycles. The van der Waals surface area contributed by atoms with Crippen LogP contribution in [0.15, 0.2) is 4.52 Å². The fourth-order valence-corrected chi connectivity index (χ4v) is 0.950. The molecule has 0 aromatic carbocycles. The lowest BCUT2D eigenvalue weighted by atomic mass is 10.2. The highest BCUT2D eigenvalue weighted by Gasteiger charge is 2.03. The first kappa shape index (κ1) is 9.19. The number of unbranched alkanes of at least 4 members (excludes halogenated alkanes) is 1. The molecular formula is C8H15N3O. The highest BCUT2D eigenvalue weighted by atomic mass is 16.5. The molecule has 0 spiro atoms. The Balaban J connectivity index is 2.41. The summed E-state index contributed by atoms with van der Waals surface area (Å²) in [6, 6.07) is 0. The molecule has 0 unspecified atom stereocenters. The van der Waals surface area contributed by atoms with E-state index >= 15 is 0 Å². The molecule has 0 fully saturated rings. The van der Waals surface area contributed by atoms with Gasteiger partial charge in [0.25, 0.3) is 0 Å². The molecule has 1 rings (SSSR count). The summed E-state index contributed by atoms with van der Waals surface area (Å²) >= 11 is 0. The van der Waals surface area contributed by atoms with Crippen LogP contribution in [-0.2, 0) is 13.0 Å². The van der Waals surface area contributed by atoms with Crippen LogP contribution in [0.4, 0.5) is 0 Å². The van der Waals surface area contributed by atoms with Gasteiger partial charge >= 0.3 is 0 Å². The van der Waals surface area contributed by atoms with Gasteiger partial charge in [0.15, 0.2) is 5.82 Å². The summed E-state index contributed by atoms with van der Waals surface area (Å²) in [6.45, 7) is 2.82. The van der Waals surface area contributed by atoms with Crippen molar-refractivity contribution in [1.29, 1.82) is 0 Å². The number of hydrogen-bond donors (Lipinski definition) is 1. The summed E-state index contributed by atoms with van der Waals surface area (Å²) in [5.41, 5.74) is 0. The van der Waals surface area contributed by atoms with Crippen LogP contribution in [0.5, 0.6) is 0 Å². The number of nitrogens with zero attached hydrogens (tertiary/aromatic N) is 2. The number of nitrogens with one attached hydrogen (secondary N) is 1. The van der Waals surface area contributed by atoms with Gasteiger partial charge in [-0.15, -0.1) is 0 Å². The Hall–Kier alpha value is -0.900. The Kier molecular flexibility index (Phi) is 3.73. The van der Waals surface area contributed by atoms with Crippen molar-refractivity contribution in [2.24, 2.45) is 0 Å². The second-order valence-electron chi connectivity index (χ2n) is 2.74. The first-order valence-corrected chi connectivity index (χ1v) is 4.33. The predicted octanol–water partition coefficient (Wildman–Crippen LogP) is 1.13. The van der Waals surface area contributed by atoms with E-state index in [4.69, 9.17) is 4.52 Å². The molecule has 1 aromatic rings. The smallest absolute Gasteiger partial charge is 0.226 e. The molecule has 0 bridgehead atoms. The molecule has 0 radical (unpaired) electrons. The van der Waals surface area contributed by atoms with Crippen molar-refractivity contribution in [3.8, 4) is 0 Å². The summed E-state index contributed by atoms with van der Waals surface area (Å²) in [6.07, 6.45) is 3.16.